The number of fused-ring (bicyclic) bond motifs is 1. The van der Waals surface area contributed by atoms with Gasteiger partial charge < -0.3 is 14.9 Å². The number of anilines is 1. The van der Waals surface area contributed by atoms with E-state index < -0.39 is 11.9 Å². The maximum Gasteiger partial charge on any atom is 0.308 e. The minimum Gasteiger partial charge on any atom is -0.481 e. The van der Waals surface area contributed by atoms with Gasteiger partial charge in [-0.05, 0) is 38.1 Å². The molecule has 2 aliphatic rings. The van der Waals surface area contributed by atoms with Crippen LogP contribution in [0.4, 0.5) is 5.69 Å². The molecule has 2 heterocycles. The molecule has 5 heteroatoms. The summed E-state index contributed by atoms with van der Waals surface area (Å²) >= 11 is 0. The summed E-state index contributed by atoms with van der Waals surface area (Å²) in [4.78, 5) is 28.0. The topological polar surface area (TPSA) is 60.9 Å². The van der Waals surface area contributed by atoms with Gasteiger partial charge in [-0.1, -0.05) is 18.2 Å². The molecule has 3 rings (SSSR count). The average molecular weight is 288 g/mol. The van der Waals surface area contributed by atoms with Crippen LogP contribution in [-0.2, 0) is 16.0 Å². The highest BCUT2D eigenvalue weighted by Crippen LogP contribution is 2.32. The molecular formula is C16H20N2O3. The van der Waals surface area contributed by atoms with Crippen molar-refractivity contribution in [2.45, 2.75) is 12.8 Å². The number of hydrogen-bond acceptors (Lipinski definition) is 3. The summed E-state index contributed by atoms with van der Waals surface area (Å²) < 4.78 is 0. The molecule has 0 bridgehead atoms. The van der Waals surface area contributed by atoms with Crippen molar-refractivity contribution in [1.29, 1.82) is 0 Å². The molecule has 0 aromatic heterocycles. The van der Waals surface area contributed by atoms with Gasteiger partial charge in [0.15, 0.2) is 0 Å². The molecule has 0 radical (unpaired) electrons. The third-order valence-electron chi connectivity index (χ3n) is 4.51. The van der Waals surface area contributed by atoms with E-state index in [4.69, 9.17) is 0 Å². The highest BCUT2D eigenvalue weighted by atomic mass is 16.4. The molecule has 2 aliphatic heterocycles. The molecule has 2 unspecified atom stereocenters. The van der Waals surface area contributed by atoms with E-state index in [1.165, 1.54) is 0 Å². The summed E-state index contributed by atoms with van der Waals surface area (Å²) in [5, 5.41) is 9.32. The van der Waals surface area contributed by atoms with E-state index in [1.54, 1.807) is 4.90 Å². The number of carboxylic acids is 1. The molecule has 5 nitrogen and oxygen atoms in total. The van der Waals surface area contributed by atoms with Crippen LogP contribution in [0.3, 0.4) is 0 Å². The number of benzene rings is 1. The Labute approximate surface area is 124 Å². The summed E-state index contributed by atoms with van der Waals surface area (Å²) in [6.45, 7) is 1.97. The number of carbonyl (C=O) groups is 2. The Morgan fingerprint density at radius 2 is 1.95 bits per heavy atom. The second kappa shape index (κ2) is 5.48. The normalized spacial score (nSPS) is 25.7. The fraction of sp³-hybridized carbons (Fsp3) is 0.500. The van der Waals surface area contributed by atoms with Gasteiger partial charge in [0, 0.05) is 18.8 Å². The van der Waals surface area contributed by atoms with Crippen LogP contribution in [0.25, 0.3) is 0 Å². The van der Waals surface area contributed by atoms with Gasteiger partial charge in [-0.2, -0.15) is 0 Å². The number of likely N-dealkylation sites (tertiary alicyclic amines) is 1. The lowest BCUT2D eigenvalue weighted by Crippen LogP contribution is -2.45. The third-order valence-corrected chi connectivity index (χ3v) is 4.51. The first kappa shape index (κ1) is 14.1. The summed E-state index contributed by atoms with van der Waals surface area (Å²) in [7, 11) is 2.01. The lowest BCUT2D eigenvalue weighted by molar-refractivity contribution is -0.141. The Balaban J connectivity index is 1.89. The van der Waals surface area contributed by atoms with E-state index in [1.807, 2.05) is 31.3 Å². The number of hydrogen-bond donors (Lipinski definition) is 1. The Hall–Kier alpha value is -1.88. The van der Waals surface area contributed by atoms with E-state index >= 15 is 0 Å². The van der Waals surface area contributed by atoms with E-state index in [0.717, 1.165) is 30.8 Å². The number of carboxylic acid groups (broad SMARTS) is 1. The number of aliphatic carboxylic acids is 1. The quantitative estimate of drug-likeness (QED) is 0.889. The van der Waals surface area contributed by atoms with Gasteiger partial charge in [-0.15, -0.1) is 0 Å². The van der Waals surface area contributed by atoms with Gasteiger partial charge in [0.05, 0.1) is 11.8 Å². The molecule has 1 aromatic carbocycles. The van der Waals surface area contributed by atoms with E-state index in [9.17, 15) is 14.7 Å². The highest BCUT2D eigenvalue weighted by molar-refractivity contribution is 5.97. The zero-order valence-electron chi connectivity index (χ0n) is 12.2. The molecule has 1 amide bonds. The first-order valence-corrected chi connectivity index (χ1v) is 7.37. The van der Waals surface area contributed by atoms with Crippen molar-refractivity contribution in [2.75, 3.05) is 31.6 Å². The van der Waals surface area contributed by atoms with Gasteiger partial charge in [0.1, 0.15) is 0 Å². The maximum absolute atomic E-state index is 12.8. The lowest BCUT2D eigenvalue weighted by Gasteiger charge is -2.34. The van der Waals surface area contributed by atoms with Gasteiger partial charge >= 0.3 is 5.97 Å². The second-order valence-electron chi connectivity index (χ2n) is 6.06. The summed E-state index contributed by atoms with van der Waals surface area (Å²) in [5.41, 5.74) is 1.84. The Morgan fingerprint density at radius 1 is 1.19 bits per heavy atom. The fourth-order valence-corrected chi connectivity index (χ4v) is 3.33. The van der Waals surface area contributed by atoms with Crippen molar-refractivity contribution in [3.63, 3.8) is 0 Å². The van der Waals surface area contributed by atoms with Crippen molar-refractivity contribution < 1.29 is 14.7 Å². The predicted molar refractivity (Wildman–Crippen MR) is 79.2 cm³/mol. The lowest BCUT2D eigenvalue weighted by atomic mass is 9.91. The van der Waals surface area contributed by atoms with Crippen LogP contribution in [0, 0.1) is 11.8 Å². The summed E-state index contributed by atoms with van der Waals surface area (Å²) in [6, 6.07) is 7.64. The molecule has 1 N–H and O–H groups in total. The van der Waals surface area contributed by atoms with E-state index in [-0.39, 0.29) is 18.4 Å². The van der Waals surface area contributed by atoms with Crippen molar-refractivity contribution in [2.24, 2.45) is 11.8 Å². The third kappa shape index (κ3) is 2.65. The standard InChI is InChI=1S/C16H20N2O3/c1-17-7-6-12(9-17)15(19)18-10-13(16(20)21)8-11-4-2-3-5-14(11)18/h2-5,12-13H,6-10H2,1H3,(H,20,21). The van der Waals surface area contributed by atoms with Crippen molar-refractivity contribution in [3.8, 4) is 0 Å². The van der Waals surface area contributed by atoms with Crippen LogP contribution >= 0.6 is 0 Å². The summed E-state index contributed by atoms with van der Waals surface area (Å²) in [6.07, 6.45) is 1.35. The van der Waals surface area contributed by atoms with Crippen LogP contribution in [0.2, 0.25) is 0 Å². The smallest absolute Gasteiger partial charge is 0.308 e. The molecule has 21 heavy (non-hydrogen) atoms. The van der Waals surface area contributed by atoms with Gasteiger partial charge in [-0.3, -0.25) is 9.59 Å². The SMILES string of the molecule is CN1CCC(C(=O)N2CC(C(=O)O)Cc3ccccc32)C1. The molecular weight excluding hydrogens is 268 g/mol. The van der Waals surface area contributed by atoms with Gasteiger partial charge in [0.2, 0.25) is 5.91 Å². The van der Waals surface area contributed by atoms with Crippen molar-refractivity contribution >= 4 is 17.6 Å². The molecule has 1 fully saturated rings. The molecule has 2 atom stereocenters. The van der Waals surface area contributed by atoms with E-state index in [2.05, 4.69) is 4.90 Å². The number of carbonyl (C=O) groups excluding carboxylic acids is 1. The predicted octanol–water partition coefficient (Wildman–Crippen LogP) is 1.23. The Kier molecular flexibility index (Phi) is 3.68. The van der Waals surface area contributed by atoms with Crippen molar-refractivity contribution in [3.05, 3.63) is 29.8 Å². The molecule has 112 valence electrons. The molecule has 0 aliphatic carbocycles. The Bertz CT molecular complexity index is 572. The highest BCUT2D eigenvalue weighted by Gasteiger charge is 2.36. The molecule has 0 spiro atoms. The van der Waals surface area contributed by atoms with Crippen LogP contribution in [-0.4, -0.2) is 48.6 Å². The van der Waals surface area contributed by atoms with Crippen LogP contribution in [0.5, 0.6) is 0 Å². The summed E-state index contributed by atoms with van der Waals surface area (Å²) in [5.74, 6) is -1.29. The minimum absolute atomic E-state index is 0.0180. The first-order valence-electron chi connectivity index (χ1n) is 7.37. The van der Waals surface area contributed by atoms with Crippen LogP contribution in [0.15, 0.2) is 24.3 Å². The van der Waals surface area contributed by atoms with E-state index in [0.29, 0.717) is 6.42 Å². The van der Waals surface area contributed by atoms with Gasteiger partial charge in [-0.25, -0.2) is 0 Å². The average Bonchev–Trinajstić information content (AvgIpc) is 2.92. The van der Waals surface area contributed by atoms with Crippen molar-refractivity contribution in [1.82, 2.24) is 4.90 Å². The van der Waals surface area contributed by atoms with Crippen LogP contribution in [0.1, 0.15) is 12.0 Å². The fourth-order valence-electron chi connectivity index (χ4n) is 3.33. The first-order chi connectivity index (χ1) is 10.1. The largest absolute Gasteiger partial charge is 0.481 e. The number of nitrogens with zero attached hydrogens (tertiary/aromatic N) is 2. The van der Waals surface area contributed by atoms with Gasteiger partial charge in [0.25, 0.3) is 0 Å². The molecule has 1 aromatic rings. The molecule has 0 saturated carbocycles. The maximum atomic E-state index is 12.8. The van der Waals surface area contributed by atoms with Crippen LogP contribution < -0.4 is 4.90 Å². The number of amides is 1. The zero-order chi connectivity index (χ0) is 15.0. The monoisotopic (exact) mass is 288 g/mol. The molecule has 1 saturated heterocycles. The number of para-hydroxylation sites is 1. The minimum atomic E-state index is -0.828. The zero-order valence-corrected chi connectivity index (χ0v) is 12.2. The number of rotatable bonds is 2. The second-order valence-corrected chi connectivity index (χ2v) is 6.06. The Morgan fingerprint density at radius 3 is 2.62 bits per heavy atom.